The van der Waals surface area contributed by atoms with Gasteiger partial charge in [-0.05, 0) is 43.7 Å². The molecule has 0 aliphatic carbocycles. The van der Waals surface area contributed by atoms with Gasteiger partial charge in [-0.1, -0.05) is 30.3 Å². The van der Waals surface area contributed by atoms with E-state index in [1.54, 1.807) is 24.4 Å². The van der Waals surface area contributed by atoms with E-state index in [1.165, 1.54) is 18.2 Å². The molecule has 1 heterocycles. The van der Waals surface area contributed by atoms with E-state index < -0.39 is 0 Å². The molecule has 26 heavy (non-hydrogen) atoms. The summed E-state index contributed by atoms with van der Waals surface area (Å²) in [7, 11) is 0. The number of halogens is 1. The van der Waals surface area contributed by atoms with Gasteiger partial charge in [0.2, 0.25) is 5.91 Å². The number of hydrogen-bond acceptors (Lipinski definition) is 2. The molecule has 0 spiro atoms. The van der Waals surface area contributed by atoms with Crippen LogP contribution in [0.2, 0.25) is 0 Å². The Morgan fingerprint density at radius 1 is 1.23 bits per heavy atom. The predicted octanol–water partition coefficient (Wildman–Crippen LogP) is 4.21. The second-order valence-electron chi connectivity index (χ2n) is 6.02. The molecule has 0 saturated heterocycles. The van der Waals surface area contributed by atoms with Crippen LogP contribution >= 0.6 is 0 Å². The highest BCUT2D eigenvalue weighted by Gasteiger charge is 2.09. The molecule has 0 aliphatic rings. The summed E-state index contributed by atoms with van der Waals surface area (Å²) in [4.78, 5) is 16.4. The van der Waals surface area contributed by atoms with Gasteiger partial charge in [-0.2, -0.15) is 0 Å². The highest BCUT2D eigenvalue weighted by Crippen LogP contribution is 2.18. The summed E-state index contributed by atoms with van der Waals surface area (Å²) < 4.78 is 15.6. The summed E-state index contributed by atoms with van der Waals surface area (Å²) in [6, 6.07) is 14.1. The molecule has 1 unspecified atom stereocenters. The Labute approximate surface area is 152 Å². The molecule has 3 rings (SSSR count). The van der Waals surface area contributed by atoms with E-state index in [0.717, 1.165) is 17.1 Å². The Hall–Kier alpha value is -3.21. The summed E-state index contributed by atoms with van der Waals surface area (Å²) in [5.74, 6) is 0.268. The number of carbonyl (C=O) groups excluding carboxylic acids is 1. The molecule has 0 saturated carbocycles. The molecular weight excluding hydrogens is 329 g/mol. The van der Waals surface area contributed by atoms with Crippen molar-refractivity contribution in [3.8, 4) is 5.69 Å². The van der Waals surface area contributed by atoms with Crippen LogP contribution in [0.15, 0.2) is 67.0 Å². The highest BCUT2D eigenvalue weighted by molar-refractivity contribution is 5.92. The number of carbonyl (C=O) groups is 1. The van der Waals surface area contributed by atoms with E-state index in [9.17, 15) is 9.18 Å². The Morgan fingerprint density at radius 3 is 2.77 bits per heavy atom. The standard InChI is InChI=1S/C21H20FN3O/c1-15(24-21(26)11-10-17-6-3-4-9-20(17)22)18-7-5-8-19(14-18)25-13-12-23-16(25)2/h3-15H,1-2H3,(H,24,26)/b11-10+. The van der Waals surface area contributed by atoms with E-state index in [2.05, 4.69) is 10.3 Å². The van der Waals surface area contributed by atoms with Crippen molar-refractivity contribution in [2.75, 3.05) is 0 Å². The number of imidazole rings is 1. The molecule has 0 fully saturated rings. The van der Waals surface area contributed by atoms with Gasteiger partial charge in [0.25, 0.3) is 0 Å². The summed E-state index contributed by atoms with van der Waals surface area (Å²) in [6.07, 6.45) is 6.47. The maximum absolute atomic E-state index is 13.6. The van der Waals surface area contributed by atoms with E-state index in [-0.39, 0.29) is 17.8 Å². The predicted molar refractivity (Wildman–Crippen MR) is 100 cm³/mol. The zero-order chi connectivity index (χ0) is 18.5. The lowest BCUT2D eigenvalue weighted by Crippen LogP contribution is -2.24. The minimum absolute atomic E-state index is 0.184. The van der Waals surface area contributed by atoms with Gasteiger partial charge in [0.1, 0.15) is 11.6 Å². The smallest absolute Gasteiger partial charge is 0.244 e. The molecule has 4 nitrogen and oxygen atoms in total. The summed E-state index contributed by atoms with van der Waals surface area (Å²) >= 11 is 0. The lowest BCUT2D eigenvalue weighted by Gasteiger charge is -2.15. The highest BCUT2D eigenvalue weighted by atomic mass is 19.1. The van der Waals surface area contributed by atoms with E-state index in [4.69, 9.17) is 0 Å². The number of benzene rings is 2. The van der Waals surface area contributed by atoms with Crippen LogP contribution in [-0.2, 0) is 4.79 Å². The molecule has 2 aromatic carbocycles. The van der Waals surface area contributed by atoms with Crippen molar-refractivity contribution in [3.05, 3.63) is 89.8 Å². The minimum Gasteiger partial charge on any atom is -0.346 e. The van der Waals surface area contributed by atoms with Crippen LogP contribution in [0.4, 0.5) is 4.39 Å². The number of nitrogens with one attached hydrogen (secondary N) is 1. The zero-order valence-electron chi connectivity index (χ0n) is 14.7. The van der Waals surface area contributed by atoms with Gasteiger partial charge >= 0.3 is 0 Å². The topological polar surface area (TPSA) is 46.9 Å². The lowest BCUT2D eigenvalue weighted by atomic mass is 10.1. The number of hydrogen-bond donors (Lipinski definition) is 1. The zero-order valence-corrected chi connectivity index (χ0v) is 14.7. The maximum Gasteiger partial charge on any atom is 0.244 e. The van der Waals surface area contributed by atoms with Crippen molar-refractivity contribution in [3.63, 3.8) is 0 Å². The van der Waals surface area contributed by atoms with E-state index in [1.807, 2.05) is 48.9 Å². The van der Waals surface area contributed by atoms with Crippen molar-refractivity contribution < 1.29 is 9.18 Å². The molecule has 0 aliphatic heterocycles. The van der Waals surface area contributed by atoms with Crippen LogP contribution in [0.5, 0.6) is 0 Å². The number of aryl methyl sites for hydroxylation is 1. The third-order valence-corrected chi connectivity index (χ3v) is 4.15. The lowest BCUT2D eigenvalue weighted by molar-refractivity contribution is -0.117. The van der Waals surface area contributed by atoms with Crippen LogP contribution in [0.1, 0.15) is 29.9 Å². The molecule has 132 valence electrons. The fourth-order valence-corrected chi connectivity index (χ4v) is 2.72. The SMILES string of the molecule is Cc1nccn1-c1cccc(C(C)NC(=O)/C=C/c2ccccc2F)c1. The van der Waals surface area contributed by atoms with E-state index >= 15 is 0 Å². The molecule has 1 N–H and O–H groups in total. The van der Waals surface area contributed by atoms with E-state index in [0.29, 0.717) is 5.56 Å². The normalized spacial score (nSPS) is 12.3. The molecule has 1 amide bonds. The first-order valence-electron chi connectivity index (χ1n) is 8.38. The molecule has 0 bridgehead atoms. The van der Waals surface area contributed by atoms with Crippen molar-refractivity contribution in [1.29, 1.82) is 0 Å². The second kappa shape index (κ2) is 7.78. The molecule has 1 aromatic heterocycles. The fraction of sp³-hybridized carbons (Fsp3) is 0.143. The molecule has 0 radical (unpaired) electrons. The van der Waals surface area contributed by atoms with Gasteiger partial charge in [0, 0.05) is 29.7 Å². The Kier molecular flexibility index (Phi) is 5.27. The summed E-state index contributed by atoms with van der Waals surface area (Å²) in [5, 5.41) is 2.90. The molecule has 1 atom stereocenters. The van der Waals surface area contributed by atoms with Gasteiger partial charge in [0.05, 0.1) is 6.04 Å². The number of rotatable bonds is 5. The van der Waals surface area contributed by atoms with Crippen molar-refractivity contribution in [1.82, 2.24) is 14.9 Å². The minimum atomic E-state index is -0.354. The van der Waals surface area contributed by atoms with Crippen LogP contribution in [-0.4, -0.2) is 15.5 Å². The van der Waals surface area contributed by atoms with Crippen LogP contribution in [0.25, 0.3) is 11.8 Å². The van der Waals surface area contributed by atoms with Gasteiger partial charge in [-0.3, -0.25) is 4.79 Å². The first-order chi connectivity index (χ1) is 12.5. The third-order valence-electron chi connectivity index (χ3n) is 4.15. The first-order valence-corrected chi connectivity index (χ1v) is 8.38. The Balaban J connectivity index is 1.70. The number of aromatic nitrogens is 2. The average Bonchev–Trinajstić information content (AvgIpc) is 3.07. The van der Waals surface area contributed by atoms with Gasteiger partial charge in [-0.25, -0.2) is 9.37 Å². The fourth-order valence-electron chi connectivity index (χ4n) is 2.72. The third kappa shape index (κ3) is 4.06. The van der Waals surface area contributed by atoms with Crippen LogP contribution < -0.4 is 5.32 Å². The van der Waals surface area contributed by atoms with Crippen molar-refractivity contribution in [2.24, 2.45) is 0 Å². The van der Waals surface area contributed by atoms with Crippen molar-refractivity contribution >= 4 is 12.0 Å². The largest absolute Gasteiger partial charge is 0.346 e. The van der Waals surface area contributed by atoms with Gasteiger partial charge in [-0.15, -0.1) is 0 Å². The quantitative estimate of drug-likeness (QED) is 0.702. The average molecular weight is 349 g/mol. The van der Waals surface area contributed by atoms with Crippen LogP contribution in [0.3, 0.4) is 0 Å². The van der Waals surface area contributed by atoms with Crippen molar-refractivity contribution in [2.45, 2.75) is 19.9 Å². The molecular formula is C21H20FN3O. The maximum atomic E-state index is 13.6. The first kappa shape index (κ1) is 17.6. The number of nitrogens with zero attached hydrogens (tertiary/aromatic N) is 2. The Bertz CT molecular complexity index is 946. The van der Waals surface area contributed by atoms with Crippen LogP contribution in [0, 0.1) is 12.7 Å². The summed E-state index contributed by atoms with van der Waals surface area (Å²) in [5.41, 5.74) is 2.34. The Morgan fingerprint density at radius 2 is 2.04 bits per heavy atom. The molecule has 5 heteroatoms. The van der Waals surface area contributed by atoms with Gasteiger partial charge in [0.15, 0.2) is 0 Å². The number of amides is 1. The monoisotopic (exact) mass is 349 g/mol. The molecule has 3 aromatic rings. The summed E-state index contributed by atoms with van der Waals surface area (Å²) in [6.45, 7) is 3.85. The second-order valence-corrected chi connectivity index (χ2v) is 6.02. The van der Waals surface area contributed by atoms with Gasteiger partial charge < -0.3 is 9.88 Å².